The second kappa shape index (κ2) is 12.5. The number of methoxy groups -OCH3 is 1. The van der Waals surface area contributed by atoms with E-state index in [1.165, 1.54) is 6.21 Å². The summed E-state index contributed by atoms with van der Waals surface area (Å²) in [7, 11) is 1.58. The Labute approximate surface area is 222 Å². The largest absolute Gasteiger partial charge is 0.493 e. The SMILES string of the molecule is COc1cc(C=NNC(=O)CCC(=O)Nc2cccc(C)c2C)ccc1OCc1cccc2ccccc12. The van der Waals surface area contributed by atoms with Crippen molar-refractivity contribution in [2.75, 3.05) is 12.4 Å². The van der Waals surface area contributed by atoms with Crippen LogP contribution in [0.15, 0.2) is 84.0 Å². The molecule has 0 bridgehead atoms. The number of rotatable bonds is 10. The van der Waals surface area contributed by atoms with Crippen LogP contribution in [-0.2, 0) is 16.2 Å². The fourth-order valence-electron chi connectivity index (χ4n) is 4.02. The maximum absolute atomic E-state index is 12.2. The molecule has 0 radical (unpaired) electrons. The van der Waals surface area contributed by atoms with Crippen molar-refractivity contribution >= 4 is 34.5 Å². The summed E-state index contributed by atoms with van der Waals surface area (Å²) in [4.78, 5) is 24.4. The highest BCUT2D eigenvalue weighted by Gasteiger charge is 2.10. The van der Waals surface area contributed by atoms with Gasteiger partial charge >= 0.3 is 0 Å². The third-order valence-electron chi connectivity index (χ3n) is 6.31. The summed E-state index contributed by atoms with van der Waals surface area (Å²) in [6, 6.07) is 25.5. The second-order valence-corrected chi connectivity index (χ2v) is 8.93. The number of aryl methyl sites for hydroxylation is 1. The molecule has 7 nitrogen and oxygen atoms in total. The van der Waals surface area contributed by atoms with Gasteiger partial charge in [0.25, 0.3) is 0 Å². The molecule has 2 amide bonds. The van der Waals surface area contributed by atoms with Crippen LogP contribution in [0.4, 0.5) is 5.69 Å². The normalized spacial score (nSPS) is 10.9. The van der Waals surface area contributed by atoms with Gasteiger partial charge in [-0.3, -0.25) is 9.59 Å². The molecule has 2 N–H and O–H groups in total. The lowest BCUT2D eigenvalue weighted by Gasteiger charge is -2.12. The average molecular weight is 510 g/mol. The predicted molar refractivity (Wildman–Crippen MR) is 151 cm³/mol. The highest BCUT2D eigenvalue weighted by molar-refractivity contribution is 5.94. The zero-order valence-corrected chi connectivity index (χ0v) is 21.8. The summed E-state index contributed by atoms with van der Waals surface area (Å²) in [6.45, 7) is 4.34. The molecule has 0 aromatic heterocycles. The molecule has 4 rings (SSSR count). The van der Waals surface area contributed by atoms with Gasteiger partial charge in [0.1, 0.15) is 6.61 Å². The van der Waals surface area contributed by atoms with E-state index in [1.54, 1.807) is 13.2 Å². The Kier molecular flexibility index (Phi) is 8.72. The predicted octanol–water partition coefficient (Wildman–Crippen LogP) is 5.91. The number of ether oxygens (including phenoxy) is 2. The van der Waals surface area contributed by atoms with Crippen molar-refractivity contribution in [2.24, 2.45) is 5.10 Å². The summed E-state index contributed by atoms with van der Waals surface area (Å²) < 4.78 is 11.6. The first kappa shape index (κ1) is 26.4. The van der Waals surface area contributed by atoms with Crippen LogP contribution in [0.2, 0.25) is 0 Å². The number of anilines is 1. The minimum atomic E-state index is -0.348. The van der Waals surface area contributed by atoms with Crippen LogP contribution in [0.5, 0.6) is 11.5 Å². The maximum Gasteiger partial charge on any atom is 0.240 e. The zero-order valence-electron chi connectivity index (χ0n) is 21.8. The first-order valence-electron chi connectivity index (χ1n) is 12.4. The molecule has 0 heterocycles. The summed E-state index contributed by atoms with van der Waals surface area (Å²) in [5.74, 6) is 0.598. The van der Waals surface area contributed by atoms with E-state index in [0.717, 1.165) is 38.7 Å². The topological polar surface area (TPSA) is 89.0 Å². The Hall–Kier alpha value is -4.65. The summed E-state index contributed by atoms with van der Waals surface area (Å²) >= 11 is 0. The van der Waals surface area contributed by atoms with Gasteiger partial charge in [-0.1, -0.05) is 54.6 Å². The van der Waals surface area contributed by atoms with E-state index in [0.29, 0.717) is 18.1 Å². The number of amides is 2. The third-order valence-corrected chi connectivity index (χ3v) is 6.31. The van der Waals surface area contributed by atoms with Crippen molar-refractivity contribution in [3.63, 3.8) is 0 Å². The summed E-state index contributed by atoms with van der Waals surface area (Å²) in [5.41, 5.74) is 7.14. The van der Waals surface area contributed by atoms with Crippen LogP contribution >= 0.6 is 0 Å². The molecule has 0 unspecified atom stereocenters. The quantitative estimate of drug-likeness (QED) is 0.205. The highest BCUT2D eigenvalue weighted by Crippen LogP contribution is 2.29. The van der Waals surface area contributed by atoms with E-state index >= 15 is 0 Å². The first-order chi connectivity index (χ1) is 18.4. The Balaban J connectivity index is 1.28. The first-order valence-corrected chi connectivity index (χ1v) is 12.4. The van der Waals surface area contributed by atoms with Crippen LogP contribution in [0.3, 0.4) is 0 Å². The Morgan fingerprint density at radius 2 is 1.63 bits per heavy atom. The Morgan fingerprint density at radius 1 is 0.868 bits per heavy atom. The van der Waals surface area contributed by atoms with Gasteiger partial charge in [0, 0.05) is 18.5 Å². The van der Waals surface area contributed by atoms with Crippen LogP contribution < -0.4 is 20.2 Å². The van der Waals surface area contributed by atoms with Gasteiger partial charge in [0.05, 0.1) is 13.3 Å². The molecule has 0 aliphatic rings. The van der Waals surface area contributed by atoms with Crippen LogP contribution in [-0.4, -0.2) is 25.1 Å². The van der Waals surface area contributed by atoms with Crippen molar-refractivity contribution in [3.05, 3.63) is 101 Å². The van der Waals surface area contributed by atoms with Crippen molar-refractivity contribution in [1.82, 2.24) is 5.43 Å². The summed E-state index contributed by atoms with van der Waals surface area (Å²) in [6.07, 6.45) is 1.61. The molecule has 194 valence electrons. The molecule has 0 spiro atoms. The second-order valence-electron chi connectivity index (χ2n) is 8.93. The number of fused-ring (bicyclic) bond motifs is 1. The van der Waals surface area contributed by atoms with Gasteiger partial charge in [0.2, 0.25) is 11.8 Å². The number of nitrogens with one attached hydrogen (secondary N) is 2. The minimum Gasteiger partial charge on any atom is -0.493 e. The molecule has 0 aliphatic carbocycles. The molecular weight excluding hydrogens is 478 g/mol. The standard InChI is InChI=1S/C31H31N3O4/c1-21-8-6-13-27(22(21)2)33-30(35)16-17-31(36)34-32-19-23-14-15-28(29(18-23)37-3)38-20-25-11-7-10-24-9-4-5-12-26(24)25/h4-15,18-19H,16-17,20H2,1-3H3,(H,33,35)(H,34,36). The number of carbonyl (C=O) groups excluding carboxylic acids is 2. The molecule has 4 aromatic carbocycles. The third kappa shape index (κ3) is 6.76. The number of hydrogen-bond donors (Lipinski definition) is 2. The number of hydrazone groups is 1. The van der Waals surface area contributed by atoms with Crippen molar-refractivity contribution in [3.8, 4) is 11.5 Å². The van der Waals surface area contributed by atoms with E-state index in [1.807, 2.05) is 68.4 Å². The lowest BCUT2D eigenvalue weighted by molar-refractivity contribution is -0.124. The van der Waals surface area contributed by atoms with Crippen molar-refractivity contribution in [2.45, 2.75) is 33.3 Å². The van der Waals surface area contributed by atoms with Crippen LogP contribution in [0, 0.1) is 13.8 Å². The van der Waals surface area contributed by atoms with E-state index < -0.39 is 0 Å². The van der Waals surface area contributed by atoms with Gasteiger partial charge < -0.3 is 14.8 Å². The molecule has 4 aromatic rings. The lowest BCUT2D eigenvalue weighted by Crippen LogP contribution is -2.21. The van der Waals surface area contributed by atoms with Crippen molar-refractivity contribution in [1.29, 1.82) is 0 Å². The van der Waals surface area contributed by atoms with Gasteiger partial charge in [-0.05, 0) is 71.1 Å². The molecule has 0 saturated heterocycles. The number of benzene rings is 4. The Bertz CT molecular complexity index is 1470. The number of nitrogens with zero attached hydrogens (tertiary/aromatic N) is 1. The molecular formula is C31H31N3O4. The molecule has 7 heteroatoms. The monoisotopic (exact) mass is 509 g/mol. The number of carbonyl (C=O) groups is 2. The maximum atomic E-state index is 12.2. The van der Waals surface area contributed by atoms with E-state index in [-0.39, 0.29) is 24.7 Å². The molecule has 0 fully saturated rings. The minimum absolute atomic E-state index is 0.0261. The van der Waals surface area contributed by atoms with Crippen LogP contribution in [0.25, 0.3) is 10.8 Å². The smallest absolute Gasteiger partial charge is 0.240 e. The Morgan fingerprint density at radius 3 is 2.47 bits per heavy atom. The molecule has 38 heavy (non-hydrogen) atoms. The zero-order chi connectivity index (χ0) is 26.9. The van der Waals surface area contributed by atoms with Gasteiger partial charge in [-0.2, -0.15) is 5.10 Å². The summed E-state index contributed by atoms with van der Waals surface area (Å²) in [5, 5.41) is 9.17. The molecule has 0 atom stereocenters. The van der Waals surface area contributed by atoms with Gasteiger partial charge in [-0.15, -0.1) is 0 Å². The van der Waals surface area contributed by atoms with E-state index in [2.05, 4.69) is 34.0 Å². The molecule has 0 saturated carbocycles. The fourth-order valence-corrected chi connectivity index (χ4v) is 4.02. The van der Waals surface area contributed by atoms with Crippen molar-refractivity contribution < 1.29 is 19.1 Å². The lowest BCUT2D eigenvalue weighted by atomic mass is 10.1. The average Bonchev–Trinajstić information content (AvgIpc) is 2.93. The van der Waals surface area contributed by atoms with E-state index in [9.17, 15) is 9.59 Å². The van der Waals surface area contributed by atoms with Crippen LogP contribution in [0.1, 0.15) is 35.1 Å². The molecule has 0 aliphatic heterocycles. The van der Waals surface area contributed by atoms with E-state index in [4.69, 9.17) is 9.47 Å². The highest BCUT2D eigenvalue weighted by atomic mass is 16.5. The fraction of sp³-hybridized carbons (Fsp3) is 0.194. The number of hydrogen-bond acceptors (Lipinski definition) is 5. The van der Waals surface area contributed by atoms with Gasteiger partial charge in [-0.25, -0.2) is 5.43 Å². The van der Waals surface area contributed by atoms with Gasteiger partial charge in [0.15, 0.2) is 11.5 Å².